The third kappa shape index (κ3) is 2.99. The Kier molecular flexibility index (Phi) is 4.75. The molecule has 2 N–H and O–H groups in total. The lowest BCUT2D eigenvalue weighted by Gasteiger charge is -2.24. The maximum absolute atomic E-state index is 13.7. The van der Waals surface area contributed by atoms with Crippen molar-refractivity contribution in [2.45, 2.75) is 20.8 Å². The molecule has 0 bridgehead atoms. The maximum atomic E-state index is 13.7. The van der Waals surface area contributed by atoms with Gasteiger partial charge in [-0.15, -0.1) is 0 Å². The Labute approximate surface area is 186 Å². The van der Waals surface area contributed by atoms with Crippen molar-refractivity contribution >= 4 is 33.7 Å². The van der Waals surface area contributed by atoms with Crippen LogP contribution in [0.2, 0.25) is 0 Å². The Balaban J connectivity index is 1.81. The lowest BCUT2D eigenvalue weighted by atomic mass is 9.86. The van der Waals surface area contributed by atoms with Crippen molar-refractivity contribution in [3.05, 3.63) is 70.3 Å². The van der Waals surface area contributed by atoms with Crippen LogP contribution in [-0.4, -0.2) is 36.2 Å². The molecule has 6 nitrogen and oxygen atoms in total. The van der Waals surface area contributed by atoms with E-state index in [1.165, 1.54) is 5.56 Å². The van der Waals surface area contributed by atoms with Crippen LogP contribution in [-0.2, 0) is 0 Å². The van der Waals surface area contributed by atoms with Crippen LogP contribution < -0.4 is 10.2 Å². The number of nitrogens with one attached hydrogen (secondary N) is 1. The van der Waals surface area contributed by atoms with Crippen molar-refractivity contribution in [1.82, 2.24) is 5.16 Å². The molecule has 0 saturated heterocycles. The van der Waals surface area contributed by atoms with Gasteiger partial charge in [0, 0.05) is 30.4 Å². The van der Waals surface area contributed by atoms with E-state index in [4.69, 9.17) is 4.52 Å². The molecule has 1 aliphatic carbocycles. The van der Waals surface area contributed by atoms with Crippen molar-refractivity contribution in [3.8, 4) is 11.3 Å². The second-order valence-electron chi connectivity index (χ2n) is 8.47. The number of likely N-dealkylation sites (N-methyl/N-ethyl adjacent to an activating group) is 1. The monoisotopic (exact) mass is 427 g/mol. The summed E-state index contributed by atoms with van der Waals surface area (Å²) in [5.41, 5.74) is 8.43. The zero-order chi connectivity index (χ0) is 22.6. The van der Waals surface area contributed by atoms with Gasteiger partial charge in [-0.05, 0) is 38.0 Å². The smallest absolute Gasteiger partial charge is 0.196 e. The normalized spacial score (nSPS) is 12.2. The number of nitrogens with zero attached hydrogens (tertiary/aromatic N) is 2. The third-order valence-electron chi connectivity index (χ3n) is 6.16. The summed E-state index contributed by atoms with van der Waals surface area (Å²) in [5.74, 6) is 0.549. The van der Waals surface area contributed by atoms with Crippen molar-refractivity contribution in [2.75, 3.05) is 30.4 Å². The highest BCUT2D eigenvalue weighted by atomic mass is 16.5. The highest BCUT2D eigenvalue weighted by Crippen LogP contribution is 2.46. The van der Waals surface area contributed by atoms with Crippen molar-refractivity contribution in [2.24, 2.45) is 0 Å². The fourth-order valence-corrected chi connectivity index (χ4v) is 4.71. The predicted octanol–water partition coefficient (Wildman–Crippen LogP) is 5.14. The van der Waals surface area contributed by atoms with E-state index in [9.17, 15) is 9.90 Å². The number of hydrogen-bond donors (Lipinski definition) is 2. The maximum Gasteiger partial charge on any atom is 0.196 e. The van der Waals surface area contributed by atoms with Gasteiger partial charge in [-0.1, -0.05) is 47.1 Å². The molecule has 1 aliphatic rings. The summed E-state index contributed by atoms with van der Waals surface area (Å²) in [7, 11) is 1.90. The Hall–Kier alpha value is -3.64. The molecule has 0 aliphatic heterocycles. The molecule has 3 aromatic carbocycles. The molecule has 4 aromatic rings. The van der Waals surface area contributed by atoms with E-state index < -0.39 is 0 Å². The van der Waals surface area contributed by atoms with Crippen molar-refractivity contribution in [3.63, 3.8) is 0 Å². The summed E-state index contributed by atoms with van der Waals surface area (Å²) >= 11 is 0. The first-order chi connectivity index (χ1) is 15.4. The number of fused-ring (bicyclic) bond motifs is 2. The zero-order valence-electron chi connectivity index (χ0n) is 18.6. The van der Waals surface area contributed by atoms with Crippen LogP contribution >= 0.6 is 0 Å². The molecule has 1 heterocycles. The topological polar surface area (TPSA) is 78.6 Å². The van der Waals surface area contributed by atoms with E-state index in [-0.39, 0.29) is 12.4 Å². The number of carbonyl (C=O) groups excluding carboxylic acids is 1. The number of aryl methyl sites for hydroxylation is 3. The number of anilines is 3. The summed E-state index contributed by atoms with van der Waals surface area (Å²) in [6, 6.07) is 13.7. The Bertz CT molecular complexity index is 1360. The third-order valence-corrected chi connectivity index (χ3v) is 6.16. The van der Waals surface area contributed by atoms with E-state index in [0.717, 1.165) is 28.1 Å². The van der Waals surface area contributed by atoms with Crippen LogP contribution in [0.5, 0.6) is 0 Å². The minimum Gasteiger partial charge on any atom is -0.395 e. The quantitative estimate of drug-likeness (QED) is 0.405. The van der Waals surface area contributed by atoms with Gasteiger partial charge < -0.3 is 19.8 Å². The minimum atomic E-state index is -0.0532. The molecule has 0 spiro atoms. The van der Waals surface area contributed by atoms with Crippen LogP contribution in [0.4, 0.5) is 17.1 Å². The molecule has 0 unspecified atom stereocenters. The highest BCUT2D eigenvalue weighted by Gasteiger charge is 2.33. The summed E-state index contributed by atoms with van der Waals surface area (Å²) in [6.45, 7) is 6.64. The second-order valence-corrected chi connectivity index (χ2v) is 8.47. The molecule has 0 fully saturated rings. The molecule has 32 heavy (non-hydrogen) atoms. The van der Waals surface area contributed by atoms with Gasteiger partial charge in [0.05, 0.1) is 28.9 Å². The van der Waals surface area contributed by atoms with E-state index in [1.54, 1.807) is 0 Å². The largest absolute Gasteiger partial charge is 0.395 e. The number of carbonyl (C=O) groups is 1. The number of ketones is 1. The van der Waals surface area contributed by atoms with Crippen molar-refractivity contribution in [1.29, 1.82) is 0 Å². The summed E-state index contributed by atoms with van der Waals surface area (Å²) in [5, 5.41) is 18.1. The average molecular weight is 428 g/mol. The standard InChI is InChI=1S/C26H25N3O3/c1-14-11-15(2)23(16(3)12-14)27-19-13-20(29(4)9-10-30)24-22-21(19)25(31)17-7-5-6-8-18(17)26(22)32-28-24/h5-8,11-13,27,30H,9-10H2,1-4H3. The van der Waals surface area contributed by atoms with Gasteiger partial charge in [0.15, 0.2) is 11.5 Å². The van der Waals surface area contributed by atoms with E-state index in [0.29, 0.717) is 40.0 Å². The molecule has 162 valence electrons. The molecule has 0 radical (unpaired) electrons. The zero-order valence-corrected chi connectivity index (χ0v) is 18.6. The van der Waals surface area contributed by atoms with E-state index >= 15 is 0 Å². The minimum absolute atomic E-state index is 0.00512. The molecule has 6 heteroatoms. The molecular weight excluding hydrogens is 402 g/mol. The first kappa shape index (κ1) is 20.3. The number of aromatic nitrogens is 1. The number of benzene rings is 3. The van der Waals surface area contributed by atoms with E-state index in [1.807, 2.05) is 42.3 Å². The number of hydrogen-bond acceptors (Lipinski definition) is 6. The predicted molar refractivity (Wildman–Crippen MR) is 127 cm³/mol. The van der Waals surface area contributed by atoms with Crippen LogP contribution in [0, 0.1) is 20.8 Å². The lowest BCUT2D eigenvalue weighted by molar-refractivity contribution is 0.104. The fourth-order valence-electron chi connectivity index (χ4n) is 4.71. The Morgan fingerprint density at radius 3 is 2.44 bits per heavy atom. The number of rotatable bonds is 5. The van der Waals surface area contributed by atoms with Gasteiger partial charge >= 0.3 is 0 Å². The Morgan fingerprint density at radius 2 is 1.75 bits per heavy atom. The van der Waals surface area contributed by atoms with Gasteiger partial charge in [-0.3, -0.25) is 4.79 Å². The van der Waals surface area contributed by atoms with Gasteiger partial charge in [-0.2, -0.15) is 0 Å². The van der Waals surface area contributed by atoms with E-state index in [2.05, 4.69) is 43.4 Å². The molecule has 0 atom stereocenters. The summed E-state index contributed by atoms with van der Waals surface area (Å²) in [4.78, 5) is 15.6. The molecule has 0 amide bonds. The first-order valence-corrected chi connectivity index (χ1v) is 10.7. The summed E-state index contributed by atoms with van der Waals surface area (Å²) in [6.07, 6.45) is 0. The average Bonchev–Trinajstić information content (AvgIpc) is 3.20. The fraction of sp³-hybridized carbons (Fsp3) is 0.231. The van der Waals surface area contributed by atoms with Crippen LogP contribution in [0.15, 0.2) is 47.0 Å². The molecule has 1 aromatic heterocycles. The molecule has 5 rings (SSSR count). The number of aliphatic hydroxyl groups is 1. The first-order valence-electron chi connectivity index (χ1n) is 10.7. The highest BCUT2D eigenvalue weighted by molar-refractivity contribution is 6.28. The second kappa shape index (κ2) is 7.50. The lowest BCUT2D eigenvalue weighted by Crippen LogP contribution is -2.22. The van der Waals surface area contributed by atoms with Crippen LogP contribution in [0.25, 0.3) is 22.2 Å². The molecular formula is C26H25N3O3. The van der Waals surface area contributed by atoms with Gasteiger partial charge in [-0.25, -0.2) is 0 Å². The van der Waals surface area contributed by atoms with Gasteiger partial charge in [0.25, 0.3) is 0 Å². The van der Waals surface area contributed by atoms with Gasteiger partial charge in [0.2, 0.25) is 0 Å². The summed E-state index contributed by atoms with van der Waals surface area (Å²) < 4.78 is 5.79. The number of aliphatic hydroxyl groups excluding tert-OH is 1. The van der Waals surface area contributed by atoms with Crippen LogP contribution in [0.3, 0.4) is 0 Å². The van der Waals surface area contributed by atoms with Crippen LogP contribution in [0.1, 0.15) is 32.6 Å². The molecule has 0 saturated carbocycles. The van der Waals surface area contributed by atoms with Crippen molar-refractivity contribution < 1.29 is 14.4 Å². The Morgan fingerprint density at radius 1 is 1.06 bits per heavy atom. The van der Waals surface area contributed by atoms with Gasteiger partial charge in [0.1, 0.15) is 5.52 Å². The SMILES string of the molecule is Cc1cc(C)c(Nc2cc(N(C)CCO)c3noc4c3c2C(=O)c2ccccc2-4)c(C)c1.